The summed E-state index contributed by atoms with van der Waals surface area (Å²) in [6, 6.07) is 0. The Balaban J connectivity index is -0.0000000564. The van der Waals surface area contributed by atoms with Crippen molar-refractivity contribution in [1.82, 2.24) is 229 Å². The Morgan fingerprint density at radius 3 is 1.29 bits per heavy atom. The second-order valence-corrected chi connectivity index (χ2v) is 14.5. The van der Waals surface area contributed by atoms with Crippen molar-refractivity contribution < 1.29 is 297 Å². The van der Waals surface area contributed by atoms with Crippen molar-refractivity contribution in [3.8, 4) is 0 Å². The molecule has 0 saturated carbocycles. The van der Waals surface area contributed by atoms with Gasteiger partial charge >= 0.3 is 0 Å². The molecular weight excluding hydrogens is 1960 g/mol. The minimum absolute atomic E-state index is 0. The van der Waals surface area contributed by atoms with Gasteiger partial charge < -0.3 is 180 Å². The van der Waals surface area contributed by atoms with Crippen LogP contribution in [-0.2, 0) is 297 Å². The largest absolute Gasteiger partial charge is 0.432 e. The van der Waals surface area contributed by atoms with Gasteiger partial charge in [-0.2, -0.15) is 0 Å². The van der Waals surface area contributed by atoms with Crippen LogP contribution in [0.15, 0.2) is 81.6 Å². The second-order valence-electron chi connectivity index (χ2n) is 14.5. The average molecular weight is 2020 g/mol. The Hall–Kier alpha value is -3.55. The van der Waals surface area contributed by atoms with Crippen LogP contribution in [0.1, 0.15) is 75.1 Å². The van der Waals surface area contributed by atoms with E-state index in [9.17, 15) is 0 Å². The molecule has 15 aromatic heterocycles. The Bertz CT molecular complexity index is 2890. The van der Waals surface area contributed by atoms with E-state index < -0.39 is 0 Å². The Kier molecular flexibility index (Phi) is 136. The van der Waals surface area contributed by atoms with Crippen molar-refractivity contribution in [2.24, 2.45) is 0 Å². The molecule has 0 bridgehead atoms. The van der Waals surface area contributed by atoms with Gasteiger partial charge in [0.05, 0.1) is 0 Å². The standard InChI is InChI=1S/3C4H6N3.7C3H4N3.5C2H2N3.16V/c2*1-3-5-4(2)7-6-3;1-3-4(2)6-7-5-3;4*1-3-4-2-5-6-3;3*1-3-2-4-6-5-3;3*1-3-2-5-4-1;2*1-2-4-5-3-1;;;;;;;;;;;;;;;;/h3*1-2H3;1H3,(H,4,5,6);3*2H,1H3;1H3,(H,4,5,6);2*2H,1H3;1H,(H,3,4,5);2*1-2H;1H,(H,3,4,5);1-2H;;;;;;;;;;;;;;;;/q15*-1;;;;;;;;;;;;;;;;. The van der Waals surface area contributed by atoms with Crippen LogP contribution in [0.4, 0.5) is 0 Å². The molecule has 4 N–H and O–H groups in total. The Morgan fingerprint density at radius 2 is 1.14 bits per heavy atom. The molecular formula is C43H56N45V16-15. The van der Waals surface area contributed by atoms with Gasteiger partial charge in [-0.25, -0.2) is 0 Å². The fraction of sp³-hybridized carbons (Fsp3) is 0.302. The van der Waals surface area contributed by atoms with Crippen molar-refractivity contribution in [2.75, 3.05) is 0 Å². The first-order valence-electron chi connectivity index (χ1n) is 24.1. The molecule has 15 aromatic rings. The van der Waals surface area contributed by atoms with Crippen molar-refractivity contribution in [3.05, 3.63) is 182 Å². The minimum atomic E-state index is 0. The average Bonchev–Trinajstić information content (AvgIpc) is 1.86. The third-order valence-corrected chi connectivity index (χ3v) is 7.20. The molecule has 15 heterocycles. The molecule has 0 aliphatic heterocycles. The maximum Gasteiger partial charge on any atom is 0.0233 e. The third kappa shape index (κ3) is 96.5. The van der Waals surface area contributed by atoms with E-state index in [1.807, 2.05) is 62.3 Å². The molecule has 0 saturated heterocycles. The van der Waals surface area contributed by atoms with Crippen LogP contribution in [0, 0.1) is 115 Å². The Labute approximate surface area is 787 Å². The number of rotatable bonds is 0. The summed E-state index contributed by atoms with van der Waals surface area (Å²) in [5.74, 6) is 5.92. The minimum Gasteiger partial charge on any atom is -0.432 e. The molecule has 0 aliphatic carbocycles. The third-order valence-electron chi connectivity index (χ3n) is 7.20. The quantitative estimate of drug-likeness (QED) is 0.106. The van der Waals surface area contributed by atoms with Gasteiger partial charge in [-0.1, -0.05) is 98.4 Å². The smallest absolute Gasteiger partial charge is 0.0233 e. The van der Waals surface area contributed by atoms with E-state index in [4.69, 9.17) is 0 Å². The number of hydrogen-bond donors (Lipinski definition) is 4. The van der Waals surface area contributed by atoms with Crippen LogP contribution in [0.3, 0.4) is 0 Å². The van der Waals surface area contributed by atoms with E-state index >= 15 is 0 Å². The van der Waals surface area contributed by atoms with Gasteiger partial charge in [0.1, 0.15) is 0 Å². The van der Waals surface area contributed by atoms with Crippen molar-refractivity contribution in [2.45, 2.75) is 90.0 Å². The molecule has 0 spiro atoms. The number of nitrogens with zero attached hydrogens (tertiary/aromatic N) is 41. The first-order valence-corrected chi connectivity index (χ1v) is 24.1. The van der Waals surface area contributed by atoms with E-state index in [1.165, 1.54) is 69.2 Å². The molecule has 0 atom stereocenters. The van der Waals surface area contributed by atoms with Crippen molar-refractivity contribution in [3.63, 3.8) is 0 Å². The van der Waals surface area contributed by atoms with Gasteiger partial charge in [0.2, 0.25) is 0 Å². The summed E-state index contributed by atoms with van der Waals surface area (Å²) in [6.45, 7) is 23.8. The van der Waals surface area contributed by atoms with Crippen LogP contribution in [0.2, 0.25) is 0 Å². The van der Waals surface area contributed by atoms with E-state index in [1.54, 1.807) is 40.1 Å². The molecule has 45 nitrogen and oxygen atoms in total. The van der Waals surface area contributed by atoms with Gasteiger partial charge in [0, 0.05) is 321 Å². The van der Waals surface area contributed by atoms with Gasteiger partial charge in [0.15, 0.2) is 0 Å². The van der Waals surface area contributed by atoms with Crippen LogP contribution in [0.25, 0.3) is 0 Å². The monoisotopic (exact) mass is 2020 g/mol. The molecule has 0 aromatic carbocycles. The van der Waals surface area contributed by atoms with Crippen LogP contribution >= 0.6 is 0 Å². The normalized spacial score (nSPS) is 7.39. The summed E-state index contributed by atoms with van der Waals surface area (Å²) in [5.41, 5.74) is 4.44. The van der Waals surface area contributed by atoms with Gasteiger partial charge in [-0.3, -0.25) is 51.4 Å². The molecule has 548 valence electrons. The zero-order valence-corrected chi connectivity index (χ0v) is 78.8. The van der Waals surface area contributed by atoms with E-state index in [0.717, 1.165) is 75.1 Å². The maximum absolute atomic E-state index is 3.89. The topological polar surface area (TPSA) is 605 Å². The first-order chi connectivity index (χ1) is 42.6. The zero-order valence-electron chi connectivity index (χ0n) is 56.5. The molecule has 61 heteroatoms. The summed E-state index contributed by atoms with van der Waals surface area (Å²) < 4.78 is 0. The molecule has 15 rings (SSSR count). The summed E-state index contributed by atoms with van der Waals surface area (Å²) in [7, 11) is 0. The summed E-state index contributed by atoms with van der Waals surface area (Å²) in [5, 5.41) is 121. The van der Waals surface area contributed by atoms with E-state index in [-0.39, 0.29) is 297 Å². The Morgan fingerprint density at radius 1 is 0.462 bits per heavy atom. The summed E-state index contributed by atoms with van der Waals surface area (Å²) in [4.78, 5) is 32.9. The fourth-order valence-electron chi connectivity index (χ4n) is 3.54. The fourth-order valence-corrected chi connectivity index (χ4v) is 3.54. The van der Waals surface area contributed by atoms with Crippen LogP contribution in [0.5, 0.6) is 0 Å². The summed E-state index contributed by atoms with van der Waals surface area (Å²) in [6.07, 6.45) is 28.9. The molecule has 104 heavy (non-hydrogen) atoms. The first kappa shape index (κ1) is 139. The second kappa shape index (κ2) is 102. The van der Waals surface area contributed by atoms with Gasteiger partial charge in [-0.15, -0.1) is 22.3 Å². The van der Waals surface area contributed by atoms with E-state index in [2.05, 4.69) is 254 Å². The summed E-state index contributed by atoms with van der Waals surface area (Å²) >= 11 is 0. The number of nitrogens with one attached hydrogen (secondary N) is 4. The number of hydrogen-bond acceptors (Lipinski definition) is 30. The van der Waals surface area contributed by atoms with E-state index in [0.29, 0.717) is 0 Å². The molecule has 0 fully saturated rings. The SMILES string of the molecule is Cc1[c-]nn[nH]1.Cc1c[n-]nn1.Cc1cnn[n-]1.Cc1n[c-][nH]n1.Cc1n[n-]c(C)n1.Cc1nc[n-]n1.Cc1ncn[n-]1.Cc1nn[n-]c1C.Cc1nnc(C)[n-]1.Cc1nnc[n-]1.[V].[V].[V].[V].[V].[V].[V].[V].[V].[V].[V].[V].[V].[V].[V].[V].[c-]1c[nH]nn1.[c-]1ncn[nH]1.c1c[n-]nn1.c1nc[n-]n1.c1nnc[n-]1. The van der Waals surface area contributed by atoms with Gasteiger partial charge in [0.25, 0.3) is 0 Å². The van der Waals surface area contributed by atoms with Crippen molar-refractivity contribution >= 4 is 0 Å². The van der Waals surface area contributed by atoms with Crippen LogP contribution < -0.4 is 55.7 Å². The maximum atomic E-state index is 3.89. The predicted molar refractivity (Wildman–Crippen MR) is 291 cm³/mol. The number of aryl methyl sites for hydroxylation is 13. The molecule has 0 aliphatic rings. The number of aromatic amines is 4. The van der Waals surface area contributed by atoms with Crippen molar-refractivity contribution in [1.29, 1.82) is 0 Å². The zero-order chi connectivity index (χ0) is 64.3. The number of aromatic nitrogens is 45. The molecule has 0 unspecified atom stereocenters. The predicted octanol–water partition coefficient (Wildman–Crippen LogP) is -3.84. The van der Waals surface area contributed by atoms with Crippen LogP contribution in [-0.4, -0.2) is 173 Å². The molecule has 16 radical (unpaired) electrons. The van der Waals surface area contributed by atoms with Gasteiger partial charge in [-0.05, 0) is 125 Å². The number of H-pyrrole nitrogens is 4. The molecule has 0 amide bonds.